The summed E-state index contributed by atoms with van der Waals surface area (Å²) in [7, 11) is 0. The third-order valence-corrected chi connectivity index (χ3v) is 4.95. The second kappa shape index (κ2) is 30.7. The van der Waals surface area contributed by atoms with Gasteiger partial charge in [-0.25, -0.2) is 0 Å². The van der Waals surface area contributed by atoms with Gasteiger partial charge >= 0.3 is 0 Å². The molecule has 0 spiro atoms. The number of aryl methyl sites for hydroxylation is 2. The molecular weight excluding hydrogens is 444 g/mol. The second-order valence-electron chi connectivity index (χ2n) is 8.00. The molecule has 2 aliphatic rings. The molecule has 0 aliphatic heterocycles. The maximum atomic E-state index is 3.69. The third-order valence-electron chi connectivity index (χ3n) is 4.95. The third kappa shape index (κ3) is 27.1. The van der Waals surface area contributed by atoms with Crippen LogP contribution in [0.4, 0.5) is 0 Å². The van der Waals surface area contributed by atoms with E-state index in [9.17, 15) is 0 Å². The van der Waals surface area contributed by atoms with Crippen molar-refractivity contribution in [1.29, 1.82) is 0 Å². The summed E-state index contributed by atoms with van der Waals surface area (Å²) in [6.45, 7) is 17.7. The topological polar surface area (TPSA) is 0 Å². The molecule has 0 bridgehead atoms. The van der Waals surface area contributed by atoms with Crippen LogP contribution in [0, 0.1) is 0 Å². The van der Waals surface area contributed by atoms with Gasteiger partial charge in [-0.1, -0.05) is 162 Å². The molecule has 0 saturated heterocycles. The summed E-state index contributed by atoms with van der Waals surface area (Å²) in [5, 5.41) is 0. The molecule has 0 heteroatoms. The predicted octanol–water partition coefficient (Wildman–Crippen LogP) is 11.7. The number of hydrogen-bond acceptors (Lipinski definition) is 0. The maximum absolute atomic E-state index is 3.69. The molecule has 2 aliphatic carbocycles. The van der Waals surface area contributed by atoms with Crippen molar-refractivity contribution in [2.75, 3.05) is 0 Å². The zero-order valence-corrected chi connectivity index (χ0v) is 24.3. The predicted molar refractivity (Wildman–Crippen MR) is 173 cm³/mol. The largest absolute Gasteiger partial charge is 0.103 e. The molecule has 0 N–H and O–H groups in total. The average molecular weight is 497 g/mol. The Morgan fingerprint density at radius 3 is 1.27 bits per heavy atom. The first kappa shape index (κ1) is 35.8. The first-order valence-electron chi connectivity index (χ1n) is 13.7. The van der Waals surface area contributed by atoms with Gasteiger partial charge < -0.3 is 0 Å². The molecular formula is C37H52. The van der Waals surface area contributed by atoms with Crippen LogP contribution in [0.1, 0.15) is 77.0 Å². The Morgan fingerprint density at radius 2 is 1.05 bits per heavy atom. The van der Waals surface area contributed by atoms with E-state index < -0.39 is 0 Å². The minimum Gasteiger partial charge on any atom is -0.103 e. The van der Waals surface area contributed by atoms with Gasteiger partial charge in [0.2, 0.25) is 0 Å². The highest BCUT2D eigenvalue weighted by molar-refractivity contribution is 5.47. The maximum Gasteiger partial charge on any atom is -0.0163 e. The minimum atomic E-state index is 1.08. The monoisotopic (exact) mass is 496 g/mol. The standard InChI is InChI=1S/C10H12.C8H10.2C5H6.C5H10.C4H8/c1-3-9-5-7-10(4-2)8-6-9;1-2-8-6-4-3-5-7-8;2*1-2-4-5-3-1;1-3-5-4-2;1-3-4-2/h3,5-8H,1,4H2,2H3;3-7H,2H2,1H3;2*1-4H,5H2;3,5H,4H2,1-2H3;3H,1,4H2,2H3/b;;;;5-3-;. The van der Waals surface area contributed by atoms with Gasteiger partial charge in [-0.05, 0) is 62.1 Å². The molecule has 0 saturated carbocycles. The van der Waals surface area contributed by atoms with Crippen LogP contribution in [0.5, 0.6) is 0 Å². The van der Waals surface area contributed by atoms with Crippen molar-refractivity contribution in [2.24, 2.45) is 0 Å². The Morgan fingerprint density at radius 1 is 0.622 bits per heavy atom. The van der Waals surface area contributed by atoms with E-state index in [1.165, 1.54) is 16.7 Å². The van der Waals surface area contributed by atoms with Gasteiger partial charge in [0.25, 0.3) is 0 Å². The fourth-order valence-electron chi connectivity index (χ4n) is 2.62. The van der Waals surface area contributed by atoms with Gasteiger partial charge in [-0.2, -0.15) is 0 Å². The lowest BCUT2D eigenvalue weighted by Gasteiger charge is -1.95. The molecule has 2 aromatic carbocycles. The van der Waals surface area contributed by atoms with Gasteiger partial charge in [0.05, 0.1) is 0 Å². The van der Waals surface area contributed by atoms with E-state index in [-0.39, 0.29) is 0 Å². The van der Waals surface area contributed by atoms with Crippen molar-refractivity contribution in [3.8, 4) is 0 Å². The average Bonchev–Trinajstić information content (AvgIpc) is 3.75. The summed E-state index contributed by atoms with van der Waals surface area (Å²) in [5.74, 6) is 0. The summed E-state index contributed by atoms with van der Waals surface area (Å²) in [6, 6.07) is 18.9. The molecule has 0 radical (unpaired) electrons. The summed E-state index contributed by atoms with van der Waals surface area (Å²) in [6.07, 6.45) is 31.4. The Hall–Kier alpha value is -3.38. The fourth-order valence-corrected chi connectivity index (χ4v) is 2.62. The van der Waals surface area contributed by atoms with E-state index in [0.29, 0.717) is 0 Å². The van der Waals surface area contributed by atoms with Gasteiger partial charge in [-0.3, -0.25) is 0 Å². The van der Waals surface area contributed by atoms with E-state index in [1.807, 2.05) is 25.1 Å². The number of hydrogen-bond donors (Lipinski definition) is 0. The van der Waals surface area contributed by atoms with E-state index in [1.54, 1.807) is 0 Å². The lowest BCUT2D eigenvalue weighted by atomic mass is 10.1. The van der Waals surface area contributed by atoms with Crippen molar-refractivity contribution in [2.45, 2.75) is 73.1 Å². The molecule has 200 valence electrons. The summed E-state index contributed by atoms with van der Waals surface area (Å²) in [5.41, 5.74) is 3.98. The van der Waals surface area contributed by atoms with Crippen LogP contribution in [-0.2, 0) is 12.8 Å². The van der Waals surface area contributed by atoms with Crippen molar-refractivity contribution in [3.05, 3.63) is 151 Å². The first-order chi connectivity index (χ1) is 18.1. The Balaban J connectivity index is 0. The Bertz CT molecular complexity index is 845. The molecule has 0 nitrogen and oxygen atoms in total. The highest BCUT2D eigenvalue weighted by Crippen LogP contribution is 2.05. The van der Waals surface area contributed by atoms with Crippen molar-refractivity contribution < 1.29 is 0 Å². The molecule has 4 rings (SSSR count). The fraction of sp³-hybridized carbons (Fsp3) is 0.297. The summed E-state index contributed by atoms with van der Waals surface area (Å²) in [4.78, 5) is 0. The van der Waals surface area contributed by atoms with Gasteiger partial charge in [0.1, 0.15) is 0 Å². The zero-order valence-electron chi connectivity index (χ0n) is 24.3. The molecule has 0 unspecified atom stereocenters. The number of rotatable bonds is 5. The van der Waals surface area contributed by atoms with Gasteiger partial charge in [-0.15, -0.1) is 6.58 Å². The van der Waals surface area contributed by atoms with Crippen LogP contribution in [0.2, 0.25) is 0 Å². The van der Waals surface area contributed by atoms with Crippen LogP contribution in [-0.4, -0.2) is 0 Å². The molecule has 0 fully saturated rings. The lowest BCUT2D eigenvalue weighted by Crippen LogP contribution is -1.78. The molecule has 0 amide bonds. The minimum absolute atomic E-state index is 1.08. The highest BCUT2D eigenvalue weighted by atomic mass is 13.9. The molecule has 0 aromatic heterocycles. The number of allylic oxidation sites excluding steroid dienone is 11. The van der Waals surface area contributed by atoms with Crippen LogP contribution in [0.3, 0.4) is 0 Å². The second-order valence-corrected chi connectivity index (χ2v) is 8.00. The van der Waals surface area contributed by atoms with Gasteiger partial charge in [0, 0.05) is 0 Å². The van der Waals surface area contributed by atoms with Crippen LogP contribution in [0.25, 0.3) is 6.08 Å². The van der Waals surface area contributed by atoms with E-state index in [2.05, 4.69) is 150 Å². The zero-order chi connectivity index (χ0) is 27.8. The normalized spacial score (nSPS) is 11.3. The summed E-state index contributed by atoms with van der Waals surface area (Å²) < 4.78 is 0. The SMILES string of the molecule is C/C=C\CC.C1=CCC=C1.C1=CCC=C1.C=CCC.C=Cc1ccc(CC)cc1.CCc1ccccc1. The molecule has 37 heavy (non-hydrogen) atoms. The van der Waals surface area contributed by atoms with Crippen molar-refractivity contribution >= 4 is 6.08 Å². The van der Waals surface area contributed by atoms with Crippen LogP contribution < -0.4 is 0 Å². The van der Waals surface area contributed by atoms with E-state index >= 15 is 0 Å². The molecule has 0 atom stereocenters. The molecule has 0 heterocycles. The van der Waals surface area contributed by atoms with Crippen molar-refractivity contribution in [3.63, 3.8) is 0 Å². The number of benzene rings is 2. The Labute approximate surface area is 230 Å². The van der Waals surface area contributed by atoms with Crippen LogP contribution in [0.15, 0.2) is 135 Å². The Kier molecular flexibility index (Phi) is 29.6. The van der Waals surface area contributed by atoms with E-state index in [4.69, 9.17) is 0 Å². The van der Waals surface area contributed by atoms with Gasteiger partial charge in [0.15, 0.2) is 0 Å². The quantitative estimate of drug-likeness (QED) is 0.361. The lowest BCUT2D eigenvalue weighted by molar-refractivity contribution is 1.14. The molecule has 2 aromatic rings. The van der Waals surface area contributed by atoms with Crippen LogP contribution >= 0.6 is 0 Å². The van der Waals surface area contributed by atoms with Crippen molar-refractivity contribution in [1.82, 2.24) is 0 Å². The smallest absolute Gasteiger partial charge is 0.0163 e. The first-order valence-corrected chi connectivity index (χ1v) is 13.7. The summed E-state index contributed by atoms with van der Waals surface area (Å²) >= 11 is 0. The highest BCUT2D eigenvalue weighted by Gasteiger charge is 1.86. The van der Waals surface area contributed by atoms with E-state index in [0.717, 1.165) is 38.5 Å².